The van der Waals surface area contributed by atoms with E-state index in [0.717, 1.165) is 29.7 Å². The normalized spacial score (nSPS) is 16.8. The highest BCUT2D eigenvalue weighted by molar-refractivity contribution is 6.31. The molecule has 2 heterocycles. The van der Waals surface area contributed by atoms with Crippen molar-refractivity contribution in [3.05, 3.63) is 51.3 Å². The molecule has 28 heavy (non-hydrogen) atoms. The van der Waals surface area contributed by atoms with Gasteiger partial charge >= 0.3 is 0 Å². The Labute approximate surface area is 169 Å². The number of rotatable bonds is 5. The number of nitriles is 1. The maximum absolute atomic E-state index is 12.4. The van der Waals surface area contributed by atoms with E-state index in [1.807, 2.05) is 38.1 Å². The maximum Gasteiger partial charge on any atom is 0.262 e. The Balaban J connectivity index is 1.87. The van der Waals surface area contributed by atoms with E-state index in [9.17, 15) is 10.1 Å². The van der Waals surface area contributed by atoms with Gasteiger partial charge in [-0.1, -0.05) is 23.7 Å². The van der Waals surface area contributed by atoms with Crippen LogP contribution in [0.15, 0.2) is 23.8 Å². The van der Waals surface area contributed by atoms with Gasteiger partial charge in [-0.3, -0.25) is 4.79 Å². The van der Waals surface area contributed by atoms with Crippen LogP contribution in [0.4, 0.5) is 0 Å². The van der Waals surface area contributed by atoms with Crippen molar-refractivity contribution in [3.8, 4) is 11.8 Å². The molecule has 1 aliphatic heterocycles. The number of hydrogen-bond acceptors (Lipinski definition) is 4. The van der Waals surface area contributed by atoms with E-state index in [1.165, 1.54) is 6.08 Å². The van der Waals surface area contributed by atoms with Crippen molar-refractivity contribution < 1.29 is 9.53 Å². The number of ether oxygens (including phenoxy) is 1. The van der Waals surface area contributed by atoms with E-state index in [4.69, 9.17) is 16.3 Å². The molecule has 1 fully saturated rings. The third-order valence-corrected chi connectivity index (χ3v) is 5.17. The first-order chi connectivity index (χ1) is 13.4. The zero-order chi connectivity index (χ0) is 20.3. The van der Waals surface area contributed by atoms with Gasteiger partial charge in [-0.15, -0.1) is 0 Å². The number of amides is 1. The molecule has 1 atom stereocenters. The van der Waals surface area contributed by atoms with Crippen LogP contribution in [0.2, 0.25) is 5.15 Å². The van der Waals surface area contributed by atoms with Gasteiger partial charge in [0.05, 0.1) is 17.5 Å². The van der Waals surface area contributed by atoms with Crippen molar-refractivity contribution in [2.45, 2.75) is 39.7 Å². The molecule has 3 rings (SSSR count). The summed E-state index contributed by atoms with van der Waals surface area (Å²) in [5.41, 5.74) is 4.18. The van der Waals surface area contributed by atoms with E-state index in [1.54, 1.807) is 11.6 Å². The van der Waals surface area contributed by atoms with E-state index in [2.05, 4.69) is 10.4 Å². The Morgan fingerprint density at radius 2 is 2.25 bits per heavy atom. The molecule has 1 aliphatic rings. The van der Waals surface area contributed by atoms with E-state index < -0.39 is 5.91 Å². The van der Waals surface area contributed by atoms with Crippen LogP contribution in [0.5, 0.6) is 0 Å². The second-order valence-electron chi connectivity index (χ2n) is 7.01. The van der Waals surface area contributed by atoms with E-state index in [-0.39, 0.29) is 11.7 Å². The fourth-order valence-electron chi connectivity index (χ4n) is 3.18. The van der Waals surface area contributed by atoms with Crippen LogP contribution < -0.4 is 5.32 Å². The molecule has 0 spiro atoms. The molecule has 6 nitrogen and oxygen atoms in total. The molecular weight excluding hydrogens is 376 g/mol. The van der Waals surface area contributed by atoms with Gasteiger partial charge in [0.25, 0.3) is 5.91 Å². The molecule has 0 saturated carbocycles. The lowest BCUT2D eigenvalue weighted by molar-refractivity contribution is -0.117. The molecular formula is C21H23ClN4O2. The number of halogens is 1. The first-order valence-corrected chi connectivity index (χ1v) is 9.63. The van der Waals surface area contributed by atoms with E-state index in [0.29, 0.717) is 29.6 Å². The van der Waals surface area contributed by atoms with Gasteiger partial charge in [0.2, 0.25) is 0 Å². The molecule has 0 bridgehead atoms. The molecule has 1 aromatic carbocycles. The smallest absolute Gasteiger partial charge is 0.262 e. The summed E-state index contributed by atoms with van der Waals surface area (Å²) in [6.45, 7) is 6.90. The van der Waals surface area contributed by atoms with E-state index >= 15 is 0 Å². The zero-order valence-corrected chi connectivity index (χ0v) is 17.0. The van der Waals surface area contributed by atoms with Gasteiger partial charge in [-0.2, -0.15) is 10.4 Å². The van der Waals surface area contributed by atoms with Crippen LogP contribution in [-0.4, -0.2) is 34.9 Å². The average molecular weight is 399 g/mol. The van der Waals surface area contributed by atoms with Crippen molar-refractivity contribution in [2.75, 3.05) is 13.2 Å². The minimum Gasteiger partial charge on any atom is -0.376 e. The van der Waals surface area contributed by atoms with Crippen molar-refractivity contribution in [2.24, 2.45) is 0 Å². The van der Waals surface area contributed by atoms with Crippen LogP contribution in [0.25, 0.3) is 11.8 Å². The fourth-order valence-corrected chi connectivity index (χ4v) is 3.50. The predicted molar refractivity (Wildman–Crippen MR) is 108 cm³/mol. The lowest BCUT2D eigenvalue weighted by atomic mass is 10.1. The Hall–Kier alpha value is -2.62. The van der Waals surface area contributed by atoms with Crippen molar-refractivity contribution >= 4 is 23.6 Å². The Bertz CT molecular complexity index is 966. The summed E-state index contributed by atoms with van der Waals surface area (Å²) in [4.78, 5) is 12.4. The van der Waals surface area contributed by atoms with Crippen LogP contribution in [-0.2, 0) is 9.53 Å². The quantitative estimate of drug-likeness (QED) is 0.615. The van der Waals surface area contributed by atoms with Crippen LogP contribution in [0.3, 0.4) is 0 Å². The fraction of sp³-hybridized carbons (Fsp3) is 0.381. The summed E-state index contributed by atoms with van der Waals surface area (Å²) < 4.78 is 7.14. The summed E-state index contributed by atoms with van der Waals surface area (Å²) in [6, 6.07) is 7.99. The number of aryl methyl sites for hydroxylation is 3. The van der Waals surface area contributed by atoms with Crippen molar-refractivity contribution in [1.29, 1.82) is 5.26 Å². The lowest BCUT2D eigenvalue weighted by Crippen LogP contribution is -2.32. The second-order valence-corrected chi connectivity index (χ2v) is 7.36. The summed E-state index contributed by atoms with van der Waals surface area (Å²) in [7, 11) is 0. The Morgan fingerprint density at radius 3 is 2.93 bits per heavy atom. The molecule has 1 amide bonds. The third kappa shape index (κ3) is 4.27. The average Bonchev–Trinajstić information content (AvgIpc) is 3.29. The van der Waals surface area contributed by atoms with Gasteiger partial charge in [0.15, 0.2) is 0 Å². The molecule has 7 heteroatoms. The highest BCUT2D eigenvalue weighted by Crippen LogP contribution is 2.27. The number of benzene rings is 1. The highest BCUT2D eigenvalue weighted by Gasteiger charge is 2.20. The third-order valence-electron chi connectivity index (χ3n) is 4.81. The monoisotopic (exact) mass is 398 g/mol. The summed E-state index contributed by atoms with van der Waals surface area (Å²) in [5.74, 6) is -0.437. The molecule has 0 aliphatic carbocycles. The molecule has 0 radical (unpaired) electrons. The van der Waals surface area contributed by atoms with Crippen LogP contribution >= 0.6 is 11.6 Å². The van der Waals surface area contributed by atoms with Gasteiger partial charge < -0.3 is 10.1 Å². The predicted octanol–water partition coefficient (Wildman–Crippen LogP) is 3.65. The molecule has 146 valence electrons. The summed E-state index contributed by atoms with van der Waals surface area (Å²) in [5, 5.41) is 17.1. The number of nitrogens with one attached hydrogen (secondary N) is 1. The molecule has 1 N–H and O–H groups in total. The largest absolute Gasteiger partial charge is 0.376 e. The number of aromatic nitrogens is 2. The standard InChI is InChI=1S/C21H23ClN4O2/c1-13-6-7-14(2)19(9-13)26-20(22)18(15(3)25-26)10-16(11-23)21(27)24-12-17-5-4-8-28-17/h6-7,9-10,17H,4-5,8,12H2,1-3H3,(H,24,27)/b16-10+/t17-/m0/s1. The van der Waals surface area contributed by atoms with Crippen molar-refractivity contribution in [3.63, 3.8) is 0 Å². The summed E-state index contributed by atoms with van der Waals surface area (Å²) >= 11 is 6.57. The summed E-state index contributed by atoms with van der Waals surface area (Å²) in [6.07, 6.45) is 3.42. The lowest BCUT2D eigenvalue weighted by Gasteiger charge is -2.10. The first-order valence-electron chi connectivity index (χ1n) is 9.25. The van der Waals surface area contributed by atoms with Gasteiger partial charge in [-0.05, 0) is 56.9 Å². The van der Waals surface area contributed by atoms with Gasteiger partial charge in [0.1, 0.15) is 16.8 Å². The highest BCUT2D eigenvalue weighted by atomic mass is 35.5. The first kappa shape index (κ1) is 20.1. The van der Waals surface area contributed by atoms with Gasteiger partial charge in [0, 0.05) is 18.7 Å². The van der Waals surface area contributed by atoms with Gasteiger partial charge in [-0.25, -0.2) is 4.68 Å². The zero-order valence-electron chi connectivity index (χ0n) is 16.3. The van der Waals surface area contributed by atoms with Crippen LogP contribution in [0.1, 0.15) is 35.2 Å². The number of carbonyl (C=O) groups excluding carboxylic acids is 1. The molecule has 2 aromatic rings. The number of carbonyl (C=O) groups is 1. The molecule has 1 saturated heterocycles. The molecule has 1 aromatic heterocycles. The maximum atomic E-state index is 12.4. The number of hydrogen-bond donors (Lipinski definition) is 1. The SMILES string of the molecule is Cc1ccc(C)c(-n2nc(C)c(/C=C(\C#N)C(=O)NC[C@@H]3CCCO3)c2Cl)c1. The topological polar surface area (TPSA) is 79.9 Å². The number of nitrogens with zero attached hydrogens (tertiary/aromatic N) is 3. The minimum absolute atomic E-state index is 0.0106. The Morgan fingerprint density at radius 1 is 1.46 bits per heavy atom. The minimum atomic E-state index is -0.437. The second kappa shape index (κ2) is 8.59. The van der Waals surface area contributed by atoms with Crippen molar-refractivity contribution in [1.82, 2.24) is 15.1 Å². The molecule has 0 unspecified atom stereocenters. The van der Waals surface area contributed by atoms with Crippen LogP contribution in [0, 0.1) is 32.1 Å². The Kier molecular flexibility index (Phi) is 6.18.